The number of hydrogen-bond acceptors (Lipinski definition) is 2. The van der Waals surface area contributed by atoms with Crippen molar-refractivity contribution in [1.82, 2.24) is 9.78 Å². The second kappa shape index (κ2) is 4.84. The molecule has 1 heterocycles. The number of para-hydroxylation sites is 1. The zero-order valence-electron chi connectivity index (χ0n) is 8.14. The number of ether oxygens (including phenoxy) is 1. The highest BCUT2D eigenvalue weighted by Crippen LogP contribution is 2.22. The first-order chi connectivity index (χ1) is 7.36. The fourth-order valence-electron chi connectivity index (χ4n) is 1.24. The monoisotopic (exact) mass is 222 g/mol. The van der Waals surface area contributed by atoms with Crippen molar-refractivity contribution >= 4 is 11.6 Å². The van der Waals surface area contributed by atoms with Crippen molar-refractivity contribution in [3.63, 3.8) is 0 Å². The normalized spacial score (nSPS) is 10.2. The van der Waals surface area contributed by atoms with Gasteiger partial charge in [-0.2, -0.15) is 5.10 Å². The van der Waals surface area contributed by atoms with Crippen molar-refractivity contribution in [2.75, 3.05) is 6.61 Å². The Morgan fingerprint density at radius 1 is 1.27 bits per heavy atom. The Hall–Kier alpha value is -1.48. The highest BCUT2D eigenvalue weighted by molar-refractivity contribution is 6.32. The standard InChI is InChI=1S/C11H11ClN2O/c12-10-4-1-2-5-11(10)15-9-8-14-7-3-6-13-14/h1-7H,8-9H2. The molecule has 0 atom stereocenters. The van der Waals surface area contributed by atoms with Gasteiger partial charge in [0.1, 0.15) is 12.4 Å². The Balaban J connectivity index is 1.86. The zero-order valence-corrected chi connectivity index (χ0v) is 8.89. The number of nitrogens with zero attached hydrogens (tertiary/aromatic N) is 2. The van der Waals surface area contributed by atoms with Crippen molar-refractivity contribution in [1.29, 1.82) is 0 Å². The van der Waals surface area contributed by atoms with Gasteiger partial charge in [-0.3, -0.25) is 4.68 Å². The average molecular weight is 223 g/mol. The van der Waals surface area contributed by atoms with E-state index in [1.54, 1.807) is 6.20 Å². The molecule has 2 aromatic rings. The molecule has 0 amide bonds. The lowest BCUT2D eigenvalue weighted by molar-refractivity contribution is 0.291. The summed E-state index contributed by atoms with van der Waals surface area (Å²) in [4.78, 5) is 0. The molecule has 4 heteroatoms. The molecular formula is C11H11ClN2O. The third-order valence-corrected chi connectivity index (χ3v) is 2.29. The van der Waals surface area contributed by atoms with Crippen molar-refractivity contribution in [3.05, 3.63) is 47.7 Å². The van der Waals surface area contributed by atoms with E-state index in [2.05, 4.69) is 5.10 Å². The molecule has 0 aliphatic carbocycles. The summed E-state index contributed by atoms with van der Waals surface area (Å²) in [6.07, 6.45) is 3.64. The molecule has 0 bridgehead atoms. The smallest absolute Gasteiger partial charge is 0.137 e. The maximum Gasteiger partial charge on any atom is 0.137 e. The Labute approximate surface area is 93.2 Å². The molecule has 0 saturated carbocycles. The molecule has 15 heavy (non-hydrogen) atoms. The van der Waals surface area contributed by atoms with Crippen LogP contribution in [-0.2, 0) is 6.54 Å². The topological polar surface area (TPSA) is 27.1 Å². The minimum Gasteiger partial charge on any atom is -0.490 e. The summed E-state index contributed by atoms with van der Waals surface area (Å²) in [5, 5.41) is 4.71. The maximum absolute atomic E-state index is 5.94. The lowest BCUT2D eigenvalue weighted by Gasteiger charge is -2.07. The van der Waals surface area contributed by atoms with Gasteiger partial charge in [-0.25, -0.2) is 0 Å². The third-order valence-electron chi connectivity index (χ3n) is 1.97. The quantitative estimate of drug-likeness (QED) is 0.795. The fourth-order valence-corrected chi connectivity index (χ4v) is 1.43. The van der Waals surface area contributed by atoms with Crippen LogP contribution in [0.2, 0.25) is 5.02 Å². The van der Waals surface area contributed by atoms with E-state index in [0.717, 1.165) is 6.54 Å². The van der Waals surface area contributed by atoms with Gasteiger partial charge >= 0.3 is 0 Å². The number of rotatable bonds is 4. The van der Waals surface area contributed by atoms with Gasteiger partial charge < -0.3 is 4.74 Å². The zero-order chi connectivity index (χ0) is 10.5. The highest BCUT2D eigenvalue weighted by Gasteiger charge is 1.99. The second-order valence-corrected chi connectivity index (χ2v) is 3.46. The molecule has 0 aliphatic rings. The molecule has 0 unspecified atom stereocenters. The molecule has 2 rings (SSSR count). The van der Waals surface area contributed by atoms with Crippen molar-refractivity contribution < 1.29 is 4.74 Å². The lowest BCUT2D eigenvalue weighted by Crippen LogP contribution is -2.08. The van der Waals surface area contributed by atoms with Crippen LogP contribution in [0.5, 0.6) is 5.75 Å². The van der Waals surface area contributed by atoms with Crippen LogP contribution in [0, 0.1) is 0 Å². The molecule has 78 valence electrons. The van der Waals surface area contributed by atoms with E-state index in [0.29, 0.717) is 17.4 Å². The number of hydrogen-bond donors (Lipinski definition) is 0. The van der Waals surface area contributed by atoms with E-state index in [9.17, 15) is 0 Å². The van der Waals surface area contributed by atoms with Crippen LogP contribution in [0.4, 0.5) is 0 Å². The Kier molecular flexibility index (Phi) is 3.25. The summed E-state index contributed by atoms with van der Waals surface area (Å²) >= 11 is 5.94. The van der Waals surface area contributed by atoms with Crippen LogP contribution in [0.3, 0.4) is 0 Å². The van der Waals surface area contributed by atoms with Gasteiger partial charge in [0.25, 0.3) is 0 Å². The van der Waals surface area contributed by atoms with E-state index >= 15 is 0 Å². The van der Waals surface area contributed by atoms with E-state index in [4.69, 9.17) is 16.3 Å². The van der Waals surface area contributed by atoms with Crippen LogP contribution < -0.4 is 4.74 Å². The largest absolute Gasteiger partial charge is 0.490 e. The van der Waals surface area contributed by atoms with Crippen molar-refractivity contribution in [3.8, 4) is 5.75 Å². The van der Waals surface area contributed by atoms with E-state index < -0.39 is 0 Å². The second-order valence-electron chi connectivity index (χ2n) is 3.05. The summed E-state index contributed by atoms with van der Waals surface area (Å²) in [7, 11) is 0. The van der Waals surface area contributed by atoms with Crippen LogP contribution in [0.1, 0.15) is 0 Å². The van der Waals surface area contributed by atoms with E-state index in [1.165, 1.54) is 0 Å². The van der Waals surface area contributed by atoms with E-state index in [-0.39, 0.29) is 0 Å². The minimum absolute atomic E-state index is 0.561. The molecule has 1 aromatic heterocycles. The van der Waals surface area contributed by atoms with Gasteiger partial charge in [0.05, 0.1) is 11.6 Å². The van der Waals surface area contributed by atoms with Crippen LogP contribution in [0.15, 0.2) is 42.7 Å². The van der Waals surface area contributed by atoms with Gasteiger partial charge in [-0.15, -0.1) is 0 Å². The Morgan fingerprint density at radius 2 is 2.13 bits per heavy atom. The van der Waals surface area contributed by atoms with Crippen molar-refractivity contribution in [2.24, 2.45) is 0 Å². The third kappa shape index (κ3) is 2.73. The summed E-state index contributed by atoms with van der Waals surface area (Å²) in [6, 6.07) is 9.32. The average Bonchev–Trinajstić information content (AvgIpc) is 2.74. The summed E-state index contributed by atoms with van der Waals surface area (Å²) < 4.78 is 7.33. The van der Waals surface area contributed by atoms with Gasteiger partial charge in [0.15, 0.2) is 0 Å². The van der Waals surface area contributed by atoms with Crippen LogP contribution >= 0.6 is 11.6 Å². The number of aromatic nitrogens is 2. The molecule has 0 spiro atoms. The molecule has 0 saturated heterocycles. The number of halogens is 1. The van der Waals surface area contributed by atoms with E-state index in [1.807, 2.05) is 41.2 Å². The van der Waals surface area contributed by atoms with Crippen molar-refractivity contribution in [2.45, 2.75) is 6.54 Å². The summed E-state index contributed by atoms with van der Waals surface area (Å²) in [5.41, 5.74) is 0. The molecule has 0 radical (unpaired) electrons. The van der Waals surface area contributed by atoms with Gasteiger partial charge in [0, 0.05) is 12.4 Å². The molecule has 0 N–H and O–H groups in total. The summed E-state index contributed by atoms with van der Waals surface area (Å²) in [6.45, 7) is 1.28. The molecule has 0 fully saturated rings. The predicted molar refractivity (Wildman–Crippen MR) is 59.2 cm³/mol. The minimum atomic E-state index is 0.561. The van der Waals surface area contributed by atoms with Gasteiger partial charge in [0.2, 0.25) is 0 Å². The predicted octanol–water partition coefficient (Wildman–Crippen LogP) is 2.62. The first-order valence-electron chi connectivity index (χ1n) is 4.71. The molecule has 3 nitrogen and oxygen atoms in total. The fraction of sp³-hybridized carbons (Fsp3) is 0.182. The molecule has 0 aliphatic heterocycles. The summed E-state index contributed by atoms with van der Waals surface area (Å²) in [5.74, 6) is 0.714. The first kappa shape index (κ1) is 10.1. The Bertz CT molecular complexity index is 414. The Morgan fingerprint density at radius 3 is 2.87 bits per heavy atom. The van der Waals surface area contributed by atoms with Crippen LogP contribution in [0.25, 0.3) is 0 Å². The SMILES string of the molecule is Clc1ccccc1OCCn1cccn1. The first-order valence-corrected chi connectivity index (χ1v) is 5.09. The lowest BCUT2D eigenvalue weighted by atomic mass is 10.3. The van der Waals surface area contributed by atoms with Crippen LogP contribution in [-0.4, -0.2) is 16.4 Å². The maximum atomic E-state index is 5.94. The molecule has 1 aromatic carbocycles. The molecular weight excluding hydrogens is 212 g/mol. The van der Waals surface area contributed by atoms with Gasteiger partial charge in [-0.1, -0.05) is 23.7 Å². The number of benzene rings is 1. The van der Waals surface area contributed by atoms with Gasteiger partial charge in [-0.05, 0) is 18.2 Å². The highest BCUT2D eigenvalue weighted by atomic mass is 35.5.